The van der Waals surface area contributed by atoms with E-state index in [0.717, 1.165) is 11.3 Å². The molecule has 0 atom stereocenters. The molecule has 1 aromatic carbocycles. The van der Waals surface area contributed by atoms with Crippen molar-refractivity contribution in [1.82, 2.24) is 9.97 Å². The van der Waals surface area contributed by atoms with E-state index in [4.69, 9.17) is 21.4 Å². The molecule has 1 heterocycles. The van der Waals surface area contributed by atoms with Crippen LogP contribution in [-0.2, 0) is 6.61 Å². The first kappa shape index (κ1) is 12.8. The van der Waals surface area contributed by atoms with Gasteiger partial charge in [0.2, 0.25) is 0 Å². The zero-order chi connectivity index (χ0) is 13.1. The summed E-state index contributed by atoms with van der Waals surface area (Å²) in [6, 6.07) is 7.21. The van der Waals surface area contributed by atoms with Gasteiger partial charge in [0.25, 0.3) is 0 Å². The van der Waals surface area contributed by atoms with Gasteiger partial charge in [0.15, 0.2) is 5.82 Å². The van der Waals surface area contributed by atoms with Crippen molar-refractivity contribution in [3.63, 3.8) is 0 Å². The Balaban J connectivity index is 2.51. The third-order valence-corrected chi connectivity index (χ3v) is 2.81. The van der Waals surface area contributed by atoms with E-state index in [1.165, 1.54) is 0 Å². The summed E-state index contributed by atoms with van der Waals surface area (Å²) < 4.78 is 5.10. The summed E-state index contributed by atoms with van der Waals surface area (Å²) >= 11 is 6.19. The highest BCUT2D eigenvalue weighted by molar-refractivity contribution is 6.33. The second kappa shape index (κ2) is 5.33. The standard InChI is InChI=1S/C13H13ClN2O2/c1-8-5-12(16-13(7-17)15-8)10-4-3-9(18-2)6-11(10)14/h3-6,17H,7H2,1-2H3. The summed E-state index contributed by atoms with van der Waals surface area (Å²) in [5.74, 6) is 1.08. The molecule has 0 aliphatic heterocycles. The molecule has 0 unspecified atom stereocenters. The van der Waals surface area contributed by atoms with E-state index >= 15 is 0 Å². The molecule has 94 valence electrons. The van der Waals surface area contributed by atoms with Gasteiger partial charge in [-0.1, -0.05) is 11.6 Å². The first-order valence-corrected chi connectivity index (χ1v) is 5.81. The highest BCUT2D eigenvalue weighted by Crippen LogP contribution is 2.30. The lowest BCUT2D eigenvalue weighted by Gasteiger charge is -2.08. The van der Waals surface area contributed by atoms with Crippen LogP contribution in [0.2, 0.25) is 5.02 Å². The lowest BCUT2D eigenvalue weighted by atomic mass is 10.1. The molecule has 4 nitrogen and oxygen atoms in total. The maximum Gasteiger partial charge on any atom is 0.154 e. The van der Waals surface area contributed by atoms with Crippen LogP contribution in [0.4, 0.5) is 0 Å². The number of rotatable bonds is 3. The number of ether oxygens (including phenoxy) is 1. The maximum atomic E-state index is 9.11. The van der Waals surface area contributed by atoms with Crippen LogP contribution >= 0.6 is 11.6 Å². The van der Waals surface area contributed by atoms with Gasteiger partial charge in [0.05, 0.1) is 17.8 Å². The molecule has 5 heteroatoms. The summed E-state index contributed by atoms with van der Waals surface area (Å²) in [5.41, 5.74) is 2.27. The molecule has 0 amide bonds. The van der Waals surface area contributed by atoms with Gasteiger partial charge >= 0.3 is 0 Å². The molecule has 0 spiro atoms. The van der Waals surface area contributed by atoms with Crippen molar-refractivity contribution >= 4 is 11.6 Å². The van der Waals surface area contributed by atoms with Crippen molar-refractivity contribution in [2.75, 3.05) is 7.11 Å². The van der Waals surface area contributed by atoms with Gasteiger partial charge in [-0.25, -0.2) is 9.97 Å². The number of hydrogen-bond acceptors (Lipinski definition) is 4. The molecular weight excluding hydrogens is 252 g/mol. The number of methoxy groups -OCH3 is 1. The Hall–Kier alpha value is -1.65. The third kappa shape index (κ3) is 2.60. The quantitative estimate of drug-likeness (QED) is 0.926. The van der Waals surface area contributed by atoms with Crippen LogP contribution in [0.25, 0.3) is 11.3 Å². The van der Waals surface area contributed by atoms with Crippen molar-refractivity contribution in [3.8, 4) is 17.0 Å². The van der Waals surface area contributed by atoms with Crippen molar-refractivity contribution in [3.05, 3.63) is 40.8 Å². The molecule has 18 heavy (non-hydrogen) atoms. The van der Waals surface area contributed by atoms with Crippen molar-refractivity contribution < 1.29 is 9.84 Å². The topological polar surface area (TPSA) is 55.2 Å². The number of benzene rings is 1. The van der Waals surface area contributed by atoms with Crippen LogP contribution in [0.3, 0.4) is 0 Å². The zero-order valence-electron chi connectivity index (χ0n) is 10.1. The Morgan fingerprint density at radius 2 is 2.06 bits per heavy atom. The number of aromatic nitrogens is 2. The van der Waals surface area contributed by atoms with Crippen LogP contribution in [0.5, 0.6) is 5.75 Å². The summed E-state index contributed by atoms with van der Waals surface area (Å²) in [6.45, 7) is 1.66. The molecule has 0 fully saturated rings. The first-order chi connectivity index (χ1) is 8.63. The molecule has 0 aliphatic rings. The third-order valence-electron chi connectivity index (χ3n) is 2.49. The van der Waals surface area contributed by atoms with Gasteiger partial charge in [0.1, 0.15) is 12.4 Å². The van der Waals surface area contributed by atoms with Crippen molar-refractivity contribution in [2.45, 2.75) is 13.5 Å². The van der Waals surface area contributed by atoms with Crippen LogP contribution in [0.15, 0.2) is 24.3 Å². The van der Waals surface area contributed by atoms with Crippen LogP contribution < -0.4 is 4.74 Å². The predicted molar refractivity (Wildman–Crippen MR) is 69.7 cm³/mol. The molecule has 0 aliphatic carbocycles. The lowest BCUT2D eigenvalue weighted by molar-refractivity contribution is 0.271. The molecule has 0 bridgehead atoms. The summed E-state index contributed by atoms with van der Waals surface area (Å²) in [7, 11) is 1.59. The van der Waals surface area contributed by atoms with E-state index < -0.39 is 0 Å². The molecular formula is C13H13ClN2O2. The Labute approximate surface area is 110 Å². The number of hydrogen-bond donors (Lipinski definition) is 1. The maximum absolute atomic E-state index is 9.11. The average molecular weight is 265 g/mol. The highest BCUT2D eigenvalue weighted by atomic mass is 35.5. The smallest absolute Gasteiger partial charge is 0.154 e. The van der Waals surface area contributed by atoms with Gasteiger partial charge in [-0.3, -0.25) is 0 Å². The summed E-state index contributed by atoms with van der Waals surface area (Å²) in [4.78, 5) is 8.36. The second-order valence-electron chi connectivity index (χ2n) is 3.81. The van der Waals surface area contributed by atoms with E-state index in [1.807, 2.05) is 25.1 Å². The Kier molecular flexibility index (Phi) is 3.79. The molecule has 0 saturated carbocycles. The Bertz CT molecular complexity index is 573. The number of aliphatic hydroxyl groups excluding tert-OH is 1. The second-order valence-corrected chi connectivity index (χ2v) is 4.22. The monoisotopic (exact) mass is 264 g/mol. The van der Waals surface area contributed by atoms with E-state index in [1.54, 1.807) is 13.2 Å². The summed E-state index contributed by atoms with van der Waals surface area (Å²) in [5, 5.41) is 9.66. The molecule has 1 aromatic heterocycles. The fraction of sp³-hybridized carbons (Fsp3) is 0.231. The largest absolute Gasteiger partial charge is 0.497 e. The average Bonchev–Trinajstić information content (AvgIpc) is 2.37. The van der Waals surface area contributed by atoms with Gasteiger partial charge in [-0.15, -0.1) is 0 Å². The number of aliphatic hydroxyl groups is 1. The molecule has 1 N–H and O–H groups in total. The Morgan fingerprint density at radius 1 is 1.28 bits per heavy atom. The number of aryl methyl sites for hydroxylation is 1. The molecule has 0 radical (unpaired) electrons. The number of halogens is 1. The molecule has 2 rings (SSSR count). The van der Waals surface area contributed by atoms with Crippen molar-refractivity contribution in [2.24, 2.45) is 0 Å². The van der Waals surface area contributed by atoms with E-state index in [2.05, 4.69) is 9.97 Å². The predicted octanol–water partition coefficient (Wildman–Crippen LogP) is 2.61. The first-order valence-electron chi connectivity index (χ1n) is 5.43. The van der Waals surface area contributed by atoms with Crippen LogP contribution in [-0.4, -0.2) is 22.2 Å². The molecule has 2 aromatic rings. The highest BCUT2D eigenvalue weighted by Gasteiger charge is 2.09. The van der Waals surface area contributed by atoms with Crippen LogP contribution in [0.1, 0.15) is 11.5 Å². The lowest BCUT2D eigenvalue weighted by Crippen LogP contribution is -1.99. The van der Waals surface area contributed by atoms with E-state index in [-0.39, 0.29) is 6.61 Å². The van der Waals surface area contributed by atoms with Crippen LogP contribution in [0, 0.1) is 6.92 Å². The zero-order valence-corrected chi connectivity index (χ0v) is 10.9. The minimum absolute atomic E-state index is 0.192. The SMILES string of the molecule is COc1ccc(-c2cc(C)nc(CO)n2)c(Cl)c1. The van der Waals surface area contributed by atoms with Gasteiger partial charge < -0.3 is 9.84 Å². The van der Waals surface area contributed by atoms with Gasteiger partial charge in [-0.2, -0.15) is 0 Å². The van der Waals surface area contributed by atoms with E-state index in [9.17, 15) is 0 Å². The van der Waals surface area contributed by atoms with E-state index in [0.29, 0.717) is 22.3 Å². The Morgan fingerprint density at radius 3 is 2.67 bits per heavy atom. The minimum Gasteiger partial charge on any atom is -0.497 e. The summed E-state index contributed by atoms with van der Waals surface area (Å²) in [6.07, 6.45) is 0. The fourth-order valence-electron chi connectivity index (χ4n) is 1.67. The normalized spacial score (nSPS) is 10.4. The minimum atomic E-state index is -0.192. The van der Waals surface area contributed by atoms with Crippen molar-refractivity contribution in [1.29, 1.82) is 0 Å². The number of nitrogens with zero attached hydrogens (tertiary/aromatic N) is 2. The van der Waals surface area contributed by atoms with Gasteiger partial charge in [0, 0.05) is 11.3 Å². The molecule has 0 saturated heterocycles. The fourth-order valence-corrected chi connectivity index (χ4v) is 1.94. The van der Waals surface area contributed by atoms with Gasteiger partial charge in [-0.05, 0) is 31.2 Å².